The summed E-state index contributed by atoms with van der Waals surface area (Å²) in [7, 11) is 5.19. The Morgan fingerprint density at radius 3 is 2.23 bits per heavy atom. The van der Waals surface area contributed by atoms with E-state index in [-0.39, 0.29) is 18.4 Å². The lowest BCUT2D eigenvalue weighted by molar-refractivity contribution is -0.149. The molecule has 0 spiro atoms. The maximum absolute atomic E-state index is 12.9. The van der Waals surface area contributed by atoms with Crippen LogP contribution in [0.1, 0.15) is 32.1 Å². The van der Waals surface area contributed by atoms with Crippen molar-refractivity contribution in [3.05, 3.63) is 0 Å². The molecule has 26 heavy (non-hydrogen) atoms. The minimum Gasteiger partial charge on any atom is -0.480 e. The highest BCUT2D eigenvalue weighted by molar-refractivity contribution is 5.88. The lowest BCUT2D eigenvalue weighted by Crippen LogP contribution is -2.60. The number of nitrogens with zero attached hydrogens (tertiary/aromatic N) is 1. The quantitative estimate of drug-likeness (QED) is 0.288. The van der Waals surface area contributed by atoms with E-state index in [1.807, 2.05) is 7.05 Å². The Balaban J connectivity index is 2.68. The van der Waals surface area contributed by atoms with E-state index in [9.17, 15) is 19.5 Å². The molecule has 150 valence electrons. The van der Waals surface area contributed by atoms with Crippen LogP contribution in [0.25, 0.3) is 0 Å². The van der Waals surface area contributed by atoms with Gasteiger partial charge in [0.2, 0.25) is 11.8 Å². The van der Waals surface area contributed by atoms with Crippen LogP contribution in [-0.4, -0.2) is 86.7 Å². The minimum absolute atomic E-state index is 0.131. The van der Waals surface area contributed by atoms with Crippen LogP contribution in [0.15, 0.2) is 0 Å². The Morgan fingerprint density at radius 1 is 1.08 bits per heavy atom. The average molecular weight is 371 g/mol. The second-order valence-electron chi connectivity index (χ2n) is 6.71. The number of likely N-dealkylation sites (N-methyl/N-ethyl adjacent to an activating group) is 2. The standard InChI is InChI=1S/C17H33N5O4/c1-18-9-5-4-6-13(21-14(23)12-19-2)15(24)22-10-7-17(20-3,8-11-22)16(25)26/h13,18-20H,4-12H2,1-3H3,(H,21,23)(H,25,26). The second-order valence-corrected chi connectivity index (χ2v) is 6.71. The zero-order chi connectivity index (χ0) is 19.6. The van der Waals surface area contributed by atoms with Gasteiger partial charge in [0.05, 0.1) is 6.54 Å². The Hall–Kier alpha value is -1.71. The molecule has 2 amide bonds. The minimum atomic E-state index is -0.978. The molecule has 5 N–H and O–H groups in total. The lowest BCUT2D eigenvalue weighted by Gasteiger charge is -2.39. The molecule has 0 aromatic rings. The van der Waals surface area contributed by atoms with Gasteiger partial charge in [0.15, 0.2) is 0 Å². The monoisotopic (exact) mass is 371 g/mol. The maximum Gasteiger partial charge on any atom is 0.324 e. The average Bonchev–Trinajstić information content (AvgIpc) is 2.63. The third-order valence-corrected chi connectivity index (χ3v) is 4.96. The number of unbranched alkanes of at least 4 members (excludes halogenated alkanes) is 1. The summed E-state index contributed by atoms with van der Waals surface area (Å²) in [4.78, 5) is 38.0. The molecule has 0 aromatic carbocycles. The zero-order valence-corrected chi connectivity index (χ0v) is 16.1. The van der Waals surface area contributed by atoms with Gasteiger partial charge in [-0.3, -0.25) is 14.4 Å². The molecular weight excluding hydrogens is 338 g/mol. The number of rotatable bonds is 11. The Kier molecular flexibility index (Phi) is 9.53. The number of hydrogen-bond donors (Lipinski definition) is 5. The number of carboxylic acids is 1. The molecule has 1 fully saturated rings. The predicted octanol–water partition coefficient (Wildman–Crippen LogP) is -1.25. The number of carbonyl (C=O) groups is 3. The summed E-state index contributed by atoms with van der Waals surface area (Å²) in [5, 5.41) is 21.0. The van der Waals surface area contributed by atoms with Gasteiger partial charge >= 0.3 is 5.97 Å². The van der Waals surface area contributed by atoms with E-state index in [0.717, 1.165) is 19.4 Å². The van der Waals surface area contributed by atoms with Crippen molar-refractivity contribution >= 4 is 17.8 Å². The first-order valence-electron chi connectivity index (χ1n) is 9.20. The number of hydrogen-bond acceptors (Lipinski definition) is 6. The number of likely N-dealkylation sites (tertiary alicyclic amines) is 1. The molecule has 0 saturated carbocycles. The Labute approximate surface area is 155 Å². The molecule has 1 heterocycles. The van der Waals surface area contributed by atoms with E-state index in [4.69, 9.17) is 0 Å². The first kappa shape index (κ1) is 22.3. The van der Waals surface area contributed by atoms with Gasteiger partial charge in [-0.15, -0.1) is 0 Å². The molecule has 9 nitrogen and oxygen atoms in total. The highest BCUT2D eigenvalue weighted by Gasteiger charge is 2.42. The fourth-order valence-corrected chi connectivity index (χ4v) is 3.21. The van der Waals surface area contributed by atoms with Gasteiger partial charge in [0.25, 0.3) is 0 Å². The largest absolute Gasteiger partial charge is 0.480 e. The van der Waals surface area contributed by atoms with E-state index in [1.165, 1.54) is 0 Å². The van der Waals surface area contributed by atoms with Crippen LogP contribution in [0.3, 0.4) is 0 Å². The van der Waals surface area contributed by atoms with E-state index in [1.54, 1.807) is 19.0 Å². The lowest BCUT2D eigenvalue weighted by atomic mass is 9.87. The Morgan fingerprint density at radius 2 is 1.73 bits per heavy atom. The van der Waals surface area contributed by atoms with E-state index < -0.39 is 17.6 Å². The van der Waals surface area contributed by atoms with Crippen LogP contribution >= 0.6 is 0 Å². The summed E-state index contributed by atoms with van der Waals surface area (Å²) in [6.45, 7) is 1.74. The third kappa shape index (κ3) is 6.22. The summed E-state index contributed by atoms with van der Waals surface area (Å²) < 4.78 is 0. The van der Waals surface area contributed by atoms with Crippen molar-refractivity contribution < 1.29 is 19.5 Å². The van der Waals surface area contributed by atoms with Crippen molar-refractivity contribution in [3.8, 4) is 0 Å². The molecule has 0 bridgehead atoms. The summed E-state index contributed by atoms with van der Waals surface area (Å²) >= 11 is 0. The molecular formula is C17H33N5O4. The number of carboxylic acid groups (broad SMARTS) is 1. The molecule has 9 heteroatoms. The van der Waals surface area contributed by atoms with Gasteiger partial charge < -0.3 is 31.3 Å². The van der Waals surface area contributed by atoms with Crippen LogP contribution < -0.4 is 21.3 Å². The van der Waals surface area contributed by atoms with Crippen molar-refractivity contribution in [2.45, 2.75) is 43.7 Å². The second kappa shape index (κ2) is 11.1. The summed E-state index contributed by atoms with van der Waals surface area (Å²) in [6.07, 6.45) is 3.01. The first-order valence-corrected chi connectivity index (χ1v) is 9.20. The number of carbonyl (C=O) groups excluding carboxylic acids is 2. The molecule has 1 rings (SSSR count). The topological polar surface area (TPSA) is 123 Å². The van der Waals surface area contributed by atoms with Gasteiger partial charge in [-0.25, -0.2) is 0 Å². The van der Waals surface area contributed by atoms with Gasteiger partial charge in [-0.1, -0.05) is 0 Å². The highest BCUT2D eigenvalue weighted by atomic mass is 16.4. The maximum atomic E-state index is 12.9. The molecule has 1 atom stereocenters. The van der Waals surface area contributed by atoms with E-state index >= 15 is 0 Å². The van der Waals surface area contributed by atoms with Crippen LogP contribution in [0, 0.1) is 0 Å². The van der Waals surface area contributed by atoms with Crippen molar-refractivity contribution in [1.82, 2.24) is 26.2 Å². The zero-order valence-electron chi connectivity index (χ0n) is 16.1. The molecule has 1 saturated heterocycles. The summed E-state index contributed by atoms with van der Waals surface area (Å²) in [5.74, 6) is -1.24. The molecule has 0 radical (unpaired) electrons. The van der Waals surface area contributed by atoms with Crippen LogP contribution in [0.2, 0.25) is 0 Å². The molecule has 0 aliphatic carbocycles. The number of amides is 2. The third-order valence-electron chi connectivity index (χ3n) is 4.96. The molecule has 0 aromatic heterocycles. The van der Waals surface area contributed by atoms with E-state index in [2.05, 4.69) is 21.3 Å². The van der Waals surface area contributed by atoms with Crippen molar-refractivity contribution in [2.75, 3.05) is 47.3 Å². The molecule has 1 unspecified atom stereocenters. The Bertz CT molecular complexity index is 478. The fraction of sp³-hybridized carbons (Fsp3) is 0.824. The van der Waals surface area contributed by atoms with Crippen LogP contribution in [0.5, 0.6) is 0 Å². The predicted molar refractivity (Wildman–Crippen MR) is 98.9 cm³/mol. The molecule has 1 aliphatic rings. The number of aliphatic carboxylic acids is 1. The van der Waals surface area contributed by atoms with Crippen LogP contribution in [0.4, 0.5) is 0 Å². The SMILES string of the molecule is CNCCCCC(NC(=O)CNC)C(=O)N1CCC(NC)(C(=O)O)CC1. The molecule has 1 aliphatic heterocycles. The van der Waals surface area contributed by atoms with Crippen molar-refractivity contribution in [3.63, 3.8) is 0 Å². The van der Waals surface area contributed by atoms with Gasteiger partial charge in [0.1, 0.15) is 11.6 Å². The number of nitrogens with one attached hydrogen (secondary N) is 4. The highest BCUT2D eigenvalue weighted by Crippen LogP contribution is 2.23. The van der Waals surface area contributed by atoms with E-state index in [0.29, 0.717) is 32.4 Å². The summed E-state index contributed by atoms with van der Waals surface area (Å²) in [5.41, 5.74) is -0.978. The number of piperidine rings is 1. The van der Waals surface area contributed by atoms with Gasteiger partial charge in [0, 0.05) is 13.1 Å². The summed E-state index contributed by atoms with van der Waals surface area (Å²) in [6, 6.07) is -0.570. The normalized spacial score (nSPS) is 17.6. The first-order chi connectivity index (χ1) is 12.4. The van der Waals surface area contributed by atoms with Gasteiger partial charge in [-0.2, -0.15) is 0 Å². The fourth-order valence-electron chi connectivity index (χ4n) is 3.21. The van der Waals surface area contributed by atoms with Crippen LogP contribution in [-0.2, 0) is 14.4 Å². The smallest absolute Gasteiger partial charge is 0.324 e. The van der Waals surface area contributed by atoms with Gasteiger partial charge in [-0.05, 0) is 59.8 Å². The van der Waals surface area contributed by atoms with Crippen molar-refractivity contribution in [2.24, 2.45) is 0 Å². The van der Waals surface area contributed by atoms with Crippen molar-refractivity contribution in [1.29, 1.82) is 0 Å².